The largest absolute Gasteiger partial charge is 0.507 e. The van der Waals surface area contributed by atoms with Gasteiger partial charge in [-0.15, -0.1) is 0 Å². The molecule has 0 heterocycles. The molecule has 0 bridgehead atoms. The molecule has 2 aromatic rings. The minimum absolute atomic E-state index is 0.393. The van der Waals surface area contributed by atoms with Gasteiger partial charge in [0.15, 0.2) is 0 Å². The number of phenols is 1. The molecule has 1 nitrogen and oxygen atoms in total. The quantitative estimate of drug-likeness (QED) is 0.230. The van der Waals surface area contributed by atoms with E-state index in [9.17, 15) is 5.11 Å². The monoisotopic (exact) mass is 436 g/mol. The smallest absolute Gasteiger partial charge is 0.123 e. The fourth-order valence-corrected chi connectivity index (χ4v) is 4.95. The average Bonchev–Trinajstić information content (AvgIpc) is 2.82. The van der Waals surface area contributed by atoms with Crippen molar-refractivity contribution in [2.75, 3.05) is 0 Å². The van der Waals surface area contributed by atoms with Gasteiger partial charge >= 0.3 is 0 Å². The van der Waals surface area contributed by atoms with E-state index in [1.165, 1.54) is 114 Å². The van der Waals surface area contributed by atoms with Crippen LogP contribution in [0.5, 0.6) is 5.75 Å². The van der Waals surface area contributed by atoms with Gasteiger partial charge in [0.05, 0.1) is 0 Å². The van der Waals surface area contributed by atoms with Crippen molar-refractivity contribution in [3.05, 3.63) is 54.1 Å². The summed E-state index contributed by atoms with van der Waals surface area (Å²) in [4.78, 5) is 0. The molecule has 0 saturated heterocycles. The van der Waals surface area contributed by atoms with Gasteiger partial charge in [0.2, 0.25) is 0 Å². The highest BCUT2D eigenvalue weighted by molar-refractivity contribution is 5.73. The summed E-state index contributed by atoms with van der Waals surface area (Å²) in [5, 5.41) is 10.5. The number of benzene rings is 2. The number of hydrogen-bond donors (Lipinski definition) is 1. The van der Waals surface area contributed by atoms with Crippen LogP contribution in [0.1, 0.15) is 128 Å². The molecule has 1 atom stereocenters. The summed E-state index contributed by atoms with van der Waals surface area (Å²) in [5.74, 6) is 0.988. The molecular formula is C31H48O. The molecule has 2 rings (SSSR count). The van der Waals surface area contributed by atoms with Crippen LogP contribution in [0.2, 0.25) is 0 Å². The van der Waals surface area contributed by atoms with E-state index in [0.717, 1.165) is 5.56 Å². The summed E-state index contributed by atoms with van der Waals surface area (Å²) in [6.07, 6.45) is 21.7. The van der Waals surface area contributed by atoms with Crippen LogP contribution in [0.15, 0.2) is 48.5 Å². The van der Waals surface area contributed by atoms with Crippen molar-refractivity contribution in [1.82, 2.24) is 0 Å². The Morgan fingerprint density at radius 2 is 0.969 bits per heavy atom. The van der Waals surface area contributed by atoms with Gasteiger partial charge in [0.1, 0.15) is 5.75 Å². The van der Waals surface area contributed by atoms with E-state index >= 15 is 0 Å². The summed E-state index contributed by atoms with van der Waals surface area (Å²) in [7, 11) is 0. The second-order valence-corrected chi connectivity index (χ2v) is 9.62. The van der Waals surface area contributed by atoms with E-state index in [0.29, 0.717) is 11.7 Å². The van der Waals surface area contributed by atoms with Crippen molar-refractivity contribution in [3.63, 3.8) is 0 Å². The minimum atomic E-state index is 0.393. The van der Waals surface area contributed by atoms with Crippen LogP contribution in [0.25, 0.3) is 11.1 Å². The predicted octanol–water partition coefficient (Wildman–Crippen LogP) is 10.4. The van der Waals surface area contributed by atoms with E-state index in [1.54, 1.807) is 0 Å². The molecule has 0 saturated carbocycles. The van der Waals surface area contributed by atoms with Crippen molar-refractivity contribution >= 4 is 0 Å². The number of aromatic hydroxyl groups is 1. The average molecular weight is 437 g/mol. The summed E-state index contributed by atoms with van der Waals surface area (Å²) >= 11 is 0. The van der Waals surface area contributed by atoms with E-state index < -0.39 is 0 Å². The first-order chi connectivity index (χ1) is 15.8. The molecule has 1 N–H and O–H groups in total. The lowest BCUT2D eigenvalue weighted by Gasteiger charge is -2.21. The predicted molar refractivity (Wildman–Crippen MR) is 142 cm³/mol. The molecule has 1 unspecified atom stereocenters. The van der Waals surface area contributed by atoms with Gasteiger partial charge in [0, 0.05) is 5.56 Å². The molecule has 0 aliphatic rings. The molecule has 0 radical (unpaired) electrons. The van der Waals surface area contributed by atoms with E-state index in [2.05, 4.69) is 44.2 Å². The van der Waals surface area contributed by atoms with Crippen LogP contribution in [0.3, 0.4) is 0 Å². The van der Waals surface area contributed by atoms with Crippen LogP contribution in [-0.4, -0.2) is 5.11 Å². The molecule has 0 aliphatic carbocycles. The Morgan fingerprint density at radius 3 is 1.50 bits per heavy atom. The van der Waals surface area contributed by atoms with Gasteiger partial charge in [-0.05, 0) is 36.0 Å². The number of hydrogen-bond acceptors (Lipinski definition) is 1. The third-order valence-electron chi connectivity index (χ3n) is 6.91. The Balaban J connectivity index is 1.96. The molecule has 32 heavy (non-hydrogen) atoms. The lowest BCUT2D eigenvalue weighted by molar-refractivity contribution is 0.476. The maximum Gasteiger partial charge on any atom is 0.123 e. The van der Waals surface area contributed by atoms with E-state index in [4.69, 9.17) is 0 Å². The van der Waals surface area contributed by atoms with Gasteiger partial charge in [0.25, 0.3) is 0 Å². The number of rotatable bonds is 18. The molecule has 0 aromatic heterocycles. The first-order valence-electron chi connectivity index (χ1n) is 13.6. The second kappa shape index (κ2) is 16.8. The highest BCUT2D eigenvalue weighted by Gasteiger charge is 2.17. The Hall–Kier alpha value is -1.76. The molecule has 0 spiro atoms. The fourth-order valence-electron chi connectivity index (χ4n) is 4.95. The molecule has 0 aliphatic heterocycles. The zero-order chi connectivity index (χ0) is 22.9. The zero-order valence-corrected chi connectivity index (χ0v) is 21.0. The fraction of sp³-hybridized carbons (Fsp3) is 0.613. The molecule has 1 heteroatoms. The first kappa shape index (κ1) is 26.5. The maximum absolute atomic E-state index is 10.5. The van der Waals surface area contributed by atoms with E-state index in [-0.39, 0.29) is 0 Å². The third-order valence-corrected chi connectivity index (χ3v) is 6.91. The van der Waals surface area contributed by atoms with Crippen LogP contribution >= 0.6 is 0 Å². The molecule has 0 amide bonds. The molecule has 0 fully saturated rings. The zero-order valence-electron chi connectivity index (χ0n) is 21.0. The van der Waals surface area contributed by atoms with Crippen molar-refractivity contribution in [2.24, 2.45) is 0 Å². The van der Waals surface area contributed by atoms with Crippen LogP contribution in [0.4, 0.5) is 0 Å². The Morgan fingerprint density at radius 1 is 0.531 bits per heavy atom. The molecule has 178 valence electrons. The van der Waals surface area contributed by atoms with Crippen molar-refractivity contribution < 1.29 is 5.11 Å². The first-order valence-corrected chi connectivity index (χ1v) is 13.6. The van der Waals surface area contributed by atoms with Crippen LogP contribution in [0, 0.1) is 0 Å². The maximum atomic E-state index is 10.5. The van der Waals surface area contributed by atoms with Gasteiger partial charge in [-0.2, -0.15) is 0 Å². The van der Waals surface area contributed by atoms with Gasteiger partial charge < -0.3 is 5.11 Å². The van der Waals surface area contributed by atoms with Crippen molar-refractivity contribution in [3.8, 4) is 16.9 Å². The molecule has 2 aromatic carbocycles. The van der Waals surface area contributed by atoms with Gasteiger partial charge in [-0.25, -0.2) is 0 Å². The Labute approximate surface area is 198 Å². The lowest BCUT2D eigenvalue weighted by Crippen LogP contribution is -2.02. The Kier molecular flexibility index (Phi) is 13.9. The summed E-state index contributed by atoms with van der Waals surface area (Å²) in [6.45, 7) is 4.58. The summed E-state index contributed by atoms with van der Waals surface area (Å²) < 4.78 is 0. The second-order valence-electron chi connectivity index (χ2n) is 9.62. The summed E-state index contributed by atoms with van der Waals surface area (Å²) in [5.41, 5.74) is 3.63. The lowest BCUT2D eigenvalue weighted by atomic mass is 9.83. The van der Waals surface area contributed by atoms with E-state index in [1.807, 2.05) is 18.2 Å². The number of unbranched alkanes of at least 4 members (excludes halogenated alkanes) is 12. The number of phenolic OH excluding ortho intramolecular Hbond substituents is 1. The topological polar surface area (TPSA) is 20.2 Å². The van der Waals surface area contributed by atoms with Gasteiger partial charge in [-0.1, -0.05) is 146 Å². The SMILES string of the molecule is CCCCCCCCCCCC(CCCCCCC)c1ccccc1-c1ccccc1O. The van der Waals surface area contributed by atoms with Crippen molar-refractivity contribution in [2.45, 2.75) is 122 Å². The third kappa shape index (κ3) is 9.80. The normalized spacial score (nSPS) is 12.2. The highest BCUT2D eigenvalue weighted by Crippen LogP contribution is 2.38. The van der Waals surface area contributed by atoms with Crippen LogP contribution < -0.4 is 0 Å². The van der Waals surface area contributed by atoms with Crippen LogP contribution in [-0.2, 0) is 0 Å². The molecular weight excluding hydrogens is 388 g/mol. The highest BCUT2D eigenvalue weighted by atomic mass is 16.3. The standard InChI is InChI=1S/C31H48O/c1-3-5-7-9-10-11-12-14-16-22-27(21-15-13-8-6-4-2)28-23-17-18-24-29(28)30-25-19-20-26-31(30)32/h17-20,23-27,32H,3-16,21-22H2,1-2H3. The Bertz CT molecular complexity index is 720. The number of para-hydroxylation sites is 1. The minimum Gasteiger partial charge on any atom is -0.507 e. The van der Waals surface area contributed by atoms with Gasteiger partial charge in [-0.3, -0.25) is 0 Å². The van der Waals surface area contributed by atoms with Crippen molar-refractivity contribution in [1.29, 1.82) is 0 Å². The summed E-state index contributed by atoms with van der Waals surface area (Å²) in [6, 6.07) is 16.6.